The second-order valence-corrected chi connectivity index (χ2v) is 4.52. The van der Waals surface area contributed by atoms with Crippen molar-refractivity contribution in [1.82, 2.24) is 4.90 Å². The molecule has 1 N–H and O–H groups in total. The largest absolute Gasteiger partial charge is 0.480 e. The summed E-state index contributed by atoms with van der Waals surface area (Å²) in [5.41, 5.74) is 0.922. The van der Waals surface area contributed by atoms with Gasteiger partial charge in [0.25, 0.3) is 0 Å². The number of hydrogen-bond acceptors (Lipinski definition) is 3. The van der Waals surface area contributed by atoms with Gasteiger partial charge in [0.2, 0.25) is 5.91 Å². The lowest BCUT2D eigenvalue weighted by Gasteiger charge is -2.34. The molecule has 1 saturated heterocycles. The zero-order chi connectivity index (χ0) is 13.0. The van der Waals surface area contributed by atoms with Gasteiger partial charge in [-0.15, -0.1) is 6.58 Å². The number of morpholine rings is 1. The van der Waals surface area contributed by atoms with E-state index in [4.69, 9.17) is 9.84 Å². The van der Waals surface area contributed by atoms with Crippen molar-refractivity contribution in [2.45, 2.75) is 26.3 Å². The zero-order valence-electron chi connectivity index (χ0n) is 10.3. The zero-order valence-corrected chi connectivity index (χ0v) is 10.3. The van der Waals surface area contributed by atoms with E-state index in [9.17, 15) is 9.59 Å². The van der Waals surface area contributed by atoms with Crippen molar-refractivity contribution in [3.63, 3.8) is 0 Å². The fourth-order valence-electron chi connectivity index (χ4n) is 1.97. The number of carboxylic acid groups (broad SMARTS) is 1. The highest BCUT2D eigenvalue weighted by Gasteiger charge is 2.34. The maximum atomic E-state index is 12.1. The lowest BCUT2D eigenvalue weighted by Crippen LogP contribution is -2.54. The van der Waals surface area contributed by atoms with Crippen LogP contribution in [0.1, 0.15) is 20.3 Å². The van der Waals surface area contributed by atoms with Gasteiger partial charge < -0.3 is 14.7 Å². The molecule has 0 spiro atoms. The Morgan fingerprint density at radius 2 is 2.24 bits per heavy atom. The van der Waals surface area contributed by atoms with Crippen LogP contribution in [0.2, 0.25) is 0 Å². The number of ether oxygens (including phenoxy) is 1. The van der Waals surface area contributed by atoms with Crippen LogP contribution in [0, 0.1) is 5.92 Å². The number of carboxylic acids is 1. The Hall–Kier alpha value is -1.36. The molecule has 0 aromatic rings. The predicted octanol–water partition coefficient (Wildman–Crippen LogP) is 0.901. The van der Waals surface area contributed by atoms with E-state index in [0.717, 1.165) is 5.57 Å². The SMILES string of the molecule is C=C(C)CC(C)C(=O)N1CCOCC1C(=O)O. The van der Waals surface area contributed by atoms with Gasteiger partial charge in [0.15, 0.2) is 6.04 Å². The van der Waals surface area contributed by atoms with E-state index >= 15 is 0 Å². The molecule has 5 heteroatoms. The highest BCUT2D eigenvalue weighted by atomic mass is 16.5. The number of nitrogens with zero attached hydrogens (tertiary/aromatic N) is 1. The van der Waals surface area contributed by atoms with Crippen LogP contribution in [0.3, 0.4) is 0 Å². The normalized spacial score (nSPS) is 22.0. The summed E-state index contributed by atoms with van der Waals surface area (Å²) in [7, 11) is 0. The van der Waals surface area contributed by atoms with Gasteiger partial charge in [-0.05, 0) is 13.3 Å². The third kappa shape index (κ3) is 3.56. The molecular weight excluding hydrogens is 222 g/mol. The molecule has 96 valence electrons. The van der Waals surface area contributed by atoms with Crippen molar-refractivity contribution in [2.24, 2.45) is 5.92 Å². The van der Waals surface area contributed by atoms with Crippen LogP contribution in [0.15, 0.2) is 12.2 Å². The molecule has 2 atom stereocenters. The summed E-state index contributed by atoms with van der Waals surface area (Å²) >= 11 is 0. The molecule has 0 aromatic carbocycles. The average Bonchev–Trinajstić information content (AvgIpc) is 2.27. The third-order valence-electron chi connectivity index (χ3n) is 2.77. The van der Waals surface area contributed by atoms with Crippen molar-refractivity contribution >= 4 is 11.9 Å². The van der Waals surface area contributed by atoms with Crippen LogP contribution >= 0.6 is 0 Å². The summed E-state index contributed by atoms with van der Waals surface area (Å²) in [6.07, 6.45) is 0.586. The summed E-state index contributed by atoms with van der Waals surface area (Å²) in [5.74, 6) is -1.38. The van der Waals surface area contributed by atoms with E-state index in [1.807, 2.05) is 6.92 Å². The minimum atomic E-state index is -1.01. The van der Waals surface area contributed by atoms with Crippen LogP contribution < -0.4 is 0 Å². The van der Waals surface area contributed by atoms with Crippen LogP contribution in [0.5, 0.6) is 0 Å². The summed E-state index contributed by atoms with van der Waals surface area (Å²) in [5, 5.41) is 9.03. The quantitative estimate of drug-likeness (QED) is 0.743. The molecule has 2 unspecified atom stereocenters. The van der Waals surface area contributed by atoms with E-state index in [0.29, 0.717) is 19.6 Å². The van der Waals surface area contributed by atoms with Crippen molar-refractivity contribution < 1.29 is 19.4 Å². The second-order valence-electron chi connectivity index (χ2n) is 4.52. The minimum absolute atomic E-state index is 0.0703. The number of rotatable bonds is 4. The topological polar surface area (TPSA) is 66.8 Å². The van der Waals surface area contributed by atoms with Crippen LogP contribution in [0.25, 0.3) is 0 Å². The Bertz CT molecular complexity index is 326. The molecule has 5 nitrogen and oxygen atoms in total. The Morgan fingerprint density at radius 3 is 2.76 bits per heavy atom. The molecule has 0 aliphatic carbocycles. The highest BCUT2D eigenvalue weighted by molar-refractivity contribution is 5.85. The molecule has 1 aliphatic heterocycles. The monoisotopic (exact) mass is 241 g/mol. The molecular formula is C12H19NO4. The molecule has 0 aromatic heterocycles. The van der Waals surface area contributed by atoms with Crippen molar-refractivity contribution in [3.8, 4) is 0 Å². The number of hydrogen-bond donors (Lipinski definition) is 1. The van der Waals surface area contributed by atoms with Gasteiger partial charge in [0, 0.05) is 12.5 Å². The minimum Gasteiger partial charge on any atom is -0.480 e. The maximum Gasteiger partial charge on any atom is 0.328 e. The van der Waals surface area contributed by atoms with Gasteiger partial charge in [-0.3, -0.25) is 4.79 Å². The smallest absolute Gasteiger partial charge is 0.328 e. The van der Waals surface area contributed by atoms with Gasteiger partial charge in [0.1, 0.15) is 0 Å². The third-order valence-corrected chi connectivity index (χ3v) is 2.77. The van der Waals surface area contributed by atoms with E-state index in [2.05, 4.69) is 6.58 Å². The van der Waals surface area contributed by atoms with Gasteiger partial charge in [-0.1, -0.05) is 12.5 Å². The first-order valence-electron chi connectivity index (χ1n) is 5.69. The number of aliphatic carboxylic acids is 1. The number of carbonyl (C=O) groups excluding carboxylic acids is 1. The fraction of sp³-hybridized carbons (Fsp3) is 0.667. The summed E-state index contributed by atoms with van der Waals surface area (Å²) in [6.45, 7) is 8.23. The summed E-state index contributed by atoms with van der Waals surface area (Å²) in [4.78, 5) is 24.5. The molecule has 0 saturated carbocycles. The molecule has 1 aliphatic rings. The van der Waals surface area contributed by atoms with Gasteiger partial charge >= 0.3 is 5.97 Å². The summed E-state index contributed by atoms with van der Waals surface area (Å²) in [6, 6.07) is -0.858. The Morgan fingerprint density at radius 1 is 1.59 bits per heavy atom. The van der Waals surface area contributed by atoms with E-state index < -0.39 is 12.0 Å². The van der Waals surface area contributed by atoms with Crippen LogP contribution in [0.4, 0.5) is 0 Å². The Balaban J connectivity index is 2.70. The Labute approximate surface area is 101 Å². The van der Waals surface area contributed by atoms with Crippen LogP contribution in [-0.4, -0.2) is 47.7 Å². The van der Waals surface area contributed by atoms with E-state index in [-0.39, 0.29) is 18.4 Å². The molecule has 1 heterocycles. The average molecular weight is 241 g/mol. The Kier molecular flexibility index (Phi) is 4.69. The number of amides is 1. The standard InChI is InChI=1S/C12H19NO4/c1-8(2)6-9(3)11(14)13-4-5-17-7-10(13)12(15)16/h9-10H,1,4-7H2,2-3H3,(H,15,16). The fourth-order valence-corrected chi connectivity index (χ4v) is 1.97. The second kappa shape index (κ2) is 5.82. The van der Waals surface area contributed by atoms with Crippen molar-refractivity contribution in [3.05, 3.63) is 12.2 Å². The van der Waals surface area contributed by atoms with Crippen molar-refractivity contribution in [1.29, 1.82) is 0 Å². The summed E-state index contributed by atoms with van der Waals surface area (Å²) < 4.78 is 5.09. The first-order valence-corrected chi connectivity index (χ1v) is 5.69. The first-order chi connectivity index (χ1) is 7.93. The molecule has 0 bridgehead atoms. The van der Waals surface area contributed by atoms with E-state index in [1.54, 1.807) is 6.92 Å². The maximum absolute atomic E-state index is 12.1. The van der Waals surface area contributed by atoms with E-state index in [1.165, 1.54) is 4.90 Å². The van der Waals surface area contributed by atoms with Gasteiger partial charge in [-0.2, -0.15) is 0 Å². The number of allylic oxidation sites excluding steroid dienone is 1. The lowest BCUT2D eigenvalue weighted by molar-refractivity contribution is -0.160. The molecule has 17 heavy (non-hydrogen) atoms. The van der Waals surface area contributed by atoms with Crippen molar-refractivity contribution in [2.75, 3.05) is 19.8 Å². The molecule has 1 amide bonds. The predicted molar refractivity (Wildman–Crippen MR) is 62.6 cm³/mol. The molecule has 0 radical (unpaired) electrons. The lowest BCUT2D eigenvalue weighted by atomic mass is 10.0. The number of carbonyl (C=O) groups is 2. The molecule has 1 rings (SSSR count). The highest BCUT2D eigenvalue weighted by Crippen LogP contribution is 2.16. The van der Waals surface area contributed by atoms with Gasteiger partial charge in [-0.25, -0.2) is 4.79 Å². The first kappa shape index (κ1) is 13.7. The molecule has 1 fully saturated rings. The van der Waals surface area contributed by atoms with Gasteiger partial charge in [0.05, 0.1) is 13.2 Å². The van der Waals surface area contributed by atoms with Crippen LogP contribution in [-0.2, 0) is 14.3 Å².